The van der Waals surface area contributed by atoms with E-state index in [2.05, 4.69) is 16.9 Å². The van der Waals surface area contributed by atoms with Gasteiger partial charge in [0, 0.05) is 12.4 Å². The number of hydrogen-bond acceptors (Lipinski definition) is 3. The first-order valence-electron chi connectivity index (χ1n) is 5.22. The number of nitrogens with zero attached hydrogens (tertiary/aromatic N) is 1. The van der Waals surface area contributed by atoms with Gasteiger partial charge in [0.15, 0.2) is 0 Å². The van der Waals surface area contributed by atoms with Crippen LogP contribution in [-0.2, 0) is 4.79 Å². The minimum absolute atomic E-state index is 0.0861. The SMILES string of the molecule is C=CCC(N)C(=O)N[C@H](C)c1cccnc1. The highest BCUT2D eigenvalue weighted by molar-refractivity contribution is 5.82. The Morgan fingerprint density at radius 2 is 2.50 bits per heavy atom. The fourth-order valence-electron chi connectivity index (χ4n) is 1.32. The average molecular weight is 219 g/mol. The molecular weight excluding hydrogens is 202 g/mol. The lowest BCUT2D eigenvalue weighted by Crippen LogP contribution is -2.41. The summed E-state index contributed by atoms with van der Waals surface area (Å²) < 4.78 is 0. The van der Waals surface area contributed by atoms with Gasteiger partial charge in [0.1, 0.15) is 0 Å². The second-order valence-electron chi connectivity index (χ2n) is 3.65. The second kappa shape index (κ2) is 6.02. The zero-order valence-corrected chi connectivity index (χ0v) is 9.39. The molecule has 4 nitrogen and oxygen atoms in total. The maximum atomic E-state index is 11.6. The smallest absolute Gasteiger partial charge is 0.237 e. The topological polar surface area (TPSA) is 68.0 Å². The first-order chi connectivity index (χ1) is 7.65. The van der Waals surface area contributed by atoms with Gasteiger partial charge in [-0.3, -0.25) is 9.78 Å². The number of nitrogens with two attached hydrogens (primary N) is 1. The van der Waals surface area contributed by atoms with Gasteiger partial charge in [0.25, 0.3) is 0 Å². The number of hydrogen-bond donors (Lipinski definition) is 2. The molecular formula is C12H17N3O. The van der Waals surface area contributed by atoms with Gasteiger partial charge < -0.3 is 11.1 Å². The van der Waals surface area contributed by atoms with Gasteiger partial charge in [-0.1, -0.05) is 12.1 Å². The van der Waals surface area contributed by atoms with Crippen LogP contribution in [0.2, 0.25) is 0 Å². The normalized spacial score (nSPS) is 13.9. The predicted molar refractivity (Wildman–Crippen MR) is 63.6 cm³/mol. The summed E-state index contributed by atoms with van der Waals surface area (Å²) in [5.41, 5.74) is 6.62. The van der Waals surface area contributed by atoms with Crippen LogP contribution in [0.4, 0.5) is 0 Å². The van der Waals surface area contributed by atoms with Crippen molar-refractivity contribution < 1.29 is 4.79 Å². The van der Waals surface area contributed by atoms with Crippen LogP contribution >= 0.6 is 0 Å². The molecule has 0 aliphatic rings. The fraction of sp³-hybridized carbons (Fsp3) is 0.333. The summed E-state index contributed by atoms with van der Waals surface area (Å²) in [5, 5.41) is 2.83. The van der Waals surface area contributed by atoms with E-state index < -0.39 is 6.04 Å². The molecule has 1 rings (SSSR count). The van der Waals surface area contributed by atoms with Crippen molar-refractivity contribution >= 4 is 5.91 Å². The third-order valence-electron chi connectivity index (χ3n) is 2.30. The number of pyridine rings is 1. The summed E-state index contributed by atoms with van der Waals surface area (Å²) in [7, 11) is 0. The molecule has 0 aliphatic heterocycles. The highest BCUT2D eigenvalue weighted by Gasteiger charge is 2.15. The van der Waals surface area contributed by atoms with Crippen LogP contribution in [-0.4, -0.2) is 16.9 Å². The third kappa shape index (κ3) is 3.47. The molecule has 0 aliphatic carbocycles. The van der Waals surface area contributed by atoms with Crippen LogP contribution in [0.25, 0.3) is 0 Å². The second-order valence-corrected chi connectivity index (χ2v) is 3.65. The van der Waals surface area contributed by atoms with Gasteiger partial charge in [-0.2, -0.15) is 0 Å². The number of amides is 1. The summed E-state index contributed by atoms with van der Waals surface area (Å²) in [4.78, 5) is 15.6. The largest absolute Gasteiger partial charge is 0.348 e. The number of nitrogens with one attached hydrogen (secondary N) is 1. The molecule has 2 atom stereocenters. The highest BCUT2D eigenvalue weighted by atomic mass is 16.2. The number of carbonyl (C=O) groups is 1. The lowest BCUT2D eigenvalue weighted by molar-refractivity contribution is -0.122. The standard InChI is InChI=1S/C12H17N3O/c1-3-5-11(13)12(16)15-9(2)10-6-4-7-14-8-10/h3-4,6-9,11H,1,5,13H2,2H3,(H,15,16)/t9-,11?/m1/s1. The van der Waals surface area contributed by atoms with Crippen molar-refractivity contribution in [2.24, 2.45) is 5.73 Å². The van der Waals surface area contributed by atoms with Crippen molar-refractivity contribution in [3.63, 3.8) is 0 Å². The lowest BCUT2D eigenvalue weighted by Gasteiger charge is -2.16. The summed E-state index contributed by atoms with van der Waals surface area (Å²) in [5.74, 6) is -0.170. The van der Waals surface area contributed by atoms with Gasteiger partial charge in [-0.15, -0.1) is 6.58 Å². The van der Waals surface area contributed by atoms with Crippen molar-refractivity contribution in [2.75, 3.05) is 0 Å². The molecule has 3 N–H and O–H groups in total. The van der Waals surface area contributed by atoms with Crippen LogP contribution in [0, 0.1) is 0 Å². The van der Waals surface area contributed by atoms with E-state index in [1.54, 1.807) is 18.5 Å². The van der Waals surface area contributed by atoms with Gasteiger partial charge in [-0.05, 0) is 25.0 Å². The maximum absolute atomic E-state index is 11.6. The molecule has 86 valence electrons. The van der Waals surface area contributed by atoms with Crippen molar-refractivity contribution in [2.45, 2.75) is 25.4 Å². The van der Waals surface area contributed by atoms with Crippen molar-refractivity contribution in [3.05, 3.63) is 42.7 Å². The van der Waals surface area contributed by atoms with E-state index in [1.807, 2.05) is 19.1 Å². The lowest BCUT2D eigenvalue weighted by atomic mass is 10.1. The molecule has 4 heteroatoms. The number of aromatic nitrogens is 1. The molecule has 0 fully saturated rings. The molecule has 1 unspecified atom stereocenters. The van der Waals surface area contributed by atoms with Crippen molar-refractivity contribution in [1.82, 2.24) is 10.3 Å². The molecule has 0 aromatic carbocycles. The zero-order valence-electron chi connectivity index (χ0n) is 9.39. The summed E-state index contributed by atoms with van der Waals surface area (Å²) >= 11 is 0. The van der Waals surface area contributed by atoms with E-state index in [9.17, 15) is 4.79 Å². The minimum Gasteiger partial charge on any atom is -0.348 e. The Morgan fingerprint density at radius 1 is 1.75 bits per heavy atom. The van der Waals surface area contributed by atoms with E-state index in [4.69, 9.17) is 5.73 Å². The number of carbonyl (C=O) groups excluding carboxylic acids is 1. The Kier molecular flexibility index (Phi) is 4.66. The first kappa shape index (κ1) is 12.4. The number of rotatable bonds is 5. The first-order valence-corrected chi connectivity index (χ1v) is 5.22. The Labute approximate surface area is 95.6 Å². The van der Waals surface area contributed by atoms with E-state index in [0.717, 1.165) is 5.56 Å². The van der Waals surface area contributed by atoms with E-state index >= 15 is 0 Å². The maximum Gasteiger partial charge on any atom is 0.237 e. The minimum atomic E-state index is -0.531. The van der Waals surface area contributed by atoms with Gasteiger partial charge in [-0.25, -0.2) is 0 Å². The Morgan fingerprint density at radius 3 is 3.06 bits per heavy atom. The van der Waals surface area contributed by atoms with Crippen LogP contribution in [0.3, 0.4) is 0 Å². The van der Waals surface area contributed by atoms with E-state index in [0.29, 0.717) is 6.42 Å². The molecule has 0 saturated heterocycles. The average Bonchev–Trinajstić information content (AvgIpc) is 2.30. The monoisotopic (exact) mass is 219 g/mol. The fourth-order valence-corrected chi connectivity index (χ4v) is 1.32. The third-order valence-corrected chi connectivity index (χ3v) is 2.30. The van der Waals surface area contributed by atoms with Crippen LogP contribution in [0.15, 0.2) is 37.2 Å². The molecule has 1 aromatic heterocycles. The summed E-state index contributed by atoms with van der Waals surface area (Å²) in [6.45, 7) is 5.45. The van der Waals surface area contributed by atoms with Gasteiger partial charge in [0.2, 0.25) is 5.91 Å². The summed E-state index contributed by atoms with van der Waals surface area (Å²) in [6.07, 6.45) is 5.54. The molecule has 1 heterocycles. The summed E-state index contributed by atoms with van der Waals surface area (Å²) in [6, 6.07) is 3.13. The Balaban J connectivity index is 2.55. The molecule has 0 saturated carbocycles. The van der Waals surface area contributed by atoms with Gasteiger partial charge >= 0.3 is 0 Å². The van der Waals surface area contributed by atoms with Crippen molar-refractivity contribution in [3.8, 4) is 0 Å². The zero-order chi connectivity index (χ0) is 12.0. The Hall–Kier alpha value is -1.68. The Bertz CT molecular complexity index is 351. The van der Waals surface area contributed by atoms with E-state index in [-0.39, 0.29) is 11.9 Å². The molecule has 0 bridgehead atoms. The van der Waals surface area contributed by atoms with Crippen LogP contribution in [0.5, 0.6) is 0 Å². The molecule has 0 spiro atoms. The molecule has 0 radical (unpaired) electrons. The highest BCUT2D eigenvalue weighted by Crippen LogP contribution is 2.09. The molecule has 1 amide bonds. The van der Waals surface area contributed by atoms with Crippen LogP contribution in [0.1, 0.15) is 24.9 Å². The van der Waals surface area contributed by atoms with Crippen molar-refractivity contribution in [1.29, 1.82) is 0 Å². The molecule has 16 heavy (non-hydrogen) atoms. The van der Waals surface area contributed by atoms with E-state index in [1.165, 1.54) is 0 Å². The van der Waals surface area contributed by atoms with Crippen LogP contribution < -0.4 is 11.1 Å². The molecule has 1 aromatic rings. The van der Waals surface area contributed by atoms with Gasteiger partial charge in [0.05, 0.1) is 12.1 Å². The predicted octanol–water partition coefficient (Wildman–Crippen LogP) is 1.16. The quantitative estimate of drug-likeness (QED) is 0.730.